The first-order valence-electron chi connectivity index (χ1n) is 10.0. The van der Waals surface area contributed by atoms with Crippen LogP contribution in [0.15, 0.2) is 77.2 Å². The van der Waals surface area contributed by atoms with E-state index in [1.54, 1.807) is 30.6 Å². The van der Waals surface area contributed by atoms with Gasteiger partial charge in [-0.1, -0.05) is 12.1 Å². The number of carbonyl (C=O) groups is 3. The van der Waals surface area contributed by atoms with E-state index in [-0.39, 0.29) is 0 Å². The van der Waals surface area contributed by atoms with Crippen molar-refractivity contribution in [2.45, 2.75) is 19.1 Å². The van der Waals surface area contributed by atoms with Crippen molar-refractivity contribution >= 4 is 34.9 Å². The third-order valence-corrected chi connectivity index (χ3v) is 4.75. The topological polar surface area (TPSA) is 155 Å². The molecule has 0 radical (unpaired) electrons. The first-order chi connectivity index (χ1) is 16.0. The zero-order valence-corrected chi connectivity index (χ0v) is 17.4. The zero-order chi connectivity index (χ0) is 23.2. The maximum Gasteiger partial charge on any atom is 0.328 e. The van der Waals surface area contributed by atoms with Gasteiger partial charge < -0.3 is 10.6 Å². The van der Waals surface area contributed by atoms with E-state index in [1.807, 2.05) is 51.9 Å². The molecular formula is C22H20N8O3. The Morgan fingerprint density at radius 3 is 2.03 bits per heavy atom. The van der Waals surface area contributed by atoms with Crippen LogP contribution in [-0.2, 0) is 22.7 Å². The maximum atomic E-state index is 12.0. The molecule has 0 unspecified atom stereocenters. The van der Waals surface area contributed by atoms with Gasteiger partial charge in [0, 0.05) is 18.1 Å². The third kappa shape index (κ3) is 5.34. The van der Waals surface area contributed by atoms with Gasteiger partial charge in [0.1, 0.15) is 5.69 Å². The second-order valence-electron chi connectivity index (χ2n) is 7.17. The number of benzene rings is 1. The van der Waals surface area contributed by atoms with Gasteiger partial charge in [0.25, 0.3) is 11.8 Å². The van der Waals surface area contributed by atoms with Crippen molar-refractivity contribution in [3.8, 4) is 0 Å². The Morgan fingerprint density at radius 1 is 0.879 bits per heavy atom. The molecule has 1 aliphatic rings. The minimum atomic E-state index is -1.49. The lowest BCUT2D eigenvalue weighted by atomic mass is 10.2. The van der Waals surface area contributed by atoms with E-state index in [0.29, 0.717) is 30.2 Å². The number of hydrogen-bond acceptors (Lipinski definition) is 9. The first kappa shape index (κ1) is 21.6. The summed E-state index contributed by atoms with van der Waals surface area (Å²) in [4.78, 5) is 46.1. The molecule has 4 rings (SSSR count). The molecule has 0 spiro atoms. The number of pyridine rings is 2. The van der Waals surface area contributed by atoms with Crippen LogP contribution in [0.3, 0.4) is 0 Å². The largest absolute Gasteiger partial charge is 0.399 e. The number of imide groups is 2. The Balaban J connectivity index is 1.69. The molecule has 3 heterocycles. The second-order valence-corrected chi connectivity index (χ2v) is 7.17. The SMILES string of the molecule is Nc1ccc(N(Cc2ccccn2)Cc2ccccn2)c(N=NC2C(=O)NC(=O)NC2=O)c1. The first-order valence-corrected chi connectivity index (χ1v) is 10.0. The predicted octanol–water partition coefficient (Wildman–Crippen LogP) is 2.08. The number of nitrogen functional groups attached to an aromatic ring is 1. The Morgan fingerprint density at radius 2 is 1.48 bits per heavy atom. The second kappa shape index (κ2) is 9.64. The smallest absolute Gasteiger partial charge is 0.328 e. The molecule has 11 heteroatoms. The number of barbiturate groups is 1. The van der Waals surface area contributed by atoms with Crippen LogP contribution in [0.25, 0.3) is 0 Å². The van der Waals surface area contributed by atoms with Crippen molar-refractivity contribution < 1.29 is 14.4 Å². The highest BCUT2D eigenvalue weighted by Crippen LogP contribution is 2.33. The predicted molar refractivity (Wildman–Crippen MR) is 119 cm³/mol. The highest BCUT2D eigenvalue weighted by atomic mass is 16.2. The van der Waals surface area contributed by atoms with E-state index in [4.69, 9.17) is 5.73 Å². The molecular weight excluding hydrogens is 424 g/mol. The van der Waals surface area contributed by atoms with Crippen LogP contribution in [0, 0.1) is 0 Å². The summed E-state index contributed by atoms with van der Waals surface area (Å²) >= 11 is 0. The van der Waals surface area contributed by atoms with Crippen LogP contribution in [0.5, 0.6) is 0 Å². The van der Waals surface area contributed by atoms with E-state index >= 15 is 0 Å². The van der Waals surface area contributed by atoms with Crippen molar-refractivity contribution in [2.75, 3.05) is 10.6 Å². The number of urea groups is 1. The van der Waals surface area contributed by atoms with Gasteiger partial charge in [-0.2, -0.15) is 10.2 Å². The van der Waals surface area contributed by atoms with E-state index in [2.05, 4.69) is 20.2 Å². The molecule has 0 saturated carbocycles. The van der Waals surface area contributed by atoms with Gasteiger partial charge in [-0.05, 0) is 42.5 Å². The van der Waals surface area contributed by atoms with Crippen LogP contribution in [-0.4, -0.2) is 33.9 Å². The number of nitrogens with zero attached hydrogens (tertiary/aromatic N) is 5. The number of hydrogen-bond donors (Lipinski definition) is 3. The molecule has 0 aliphatic carbocycles. The molecule has 4 amide bonds. The number of amides is 4. The fourth-order valence-electron chi connectivity index (χ4n) is 3.22. The van der Waals surface area contributed by atoms with Gasteiger partial charge in [-0.25, -0.2) is 4.79 Å². The van der Waals surface area contributed by atoms with E-state index < -0.39 is 23.9 Å². The number of nitrogens with one attached hydrogen (secondary N) is 2. The van der Waals surface area contributed by atoms with Crippen LogP contribution >= 0.6 is 0 Å². The lowest BCUT2D eigenvalue weighted by Gasteiger charge is -2.25. The zero-order valence-electron chi connectivity index (χ0n) is 17.4. The molecule has 3 aromatic rings. The summed E-state index contributed by atoms with van der Waals surface area (Å²) in [5, 5.41) is 12.0. The Labute approximate surface area is 188 Å². The molecule has 4 N–H and O–H groups in total. The van der Waals surface area contributed by atoms with Gasteiger partial charge in [-0.3, -0.25) is 30.2 Å². The minimum Gasteiger partial charge on any atom is -0.399 e. The molecule has 1 aromatic carbocycles. The summed E-state index contributed by atoms with van der Waals surface area (Å²) in [7, 11) is 0. The Hall–Kier alpha value is -4.67. The van der Waals surface area contributed by atoms with Crippen molar-refractivity contribution in [1.82, 2.24) is 20.6 Å². The fourth-order valence-corrected chi connectivity index (χ4v) is 3.22. The molecule has 1 saturated heterocycles. The van der Waals surface area contributed by atoms with E-state index in [9.17, 15) is 14.4 Å². The molecule has 1 aliphatic heterocycles. The summed E-state index contributed by atoms with van der Waals surface area (Å²) in [6.45, 7) is 0.867. The average Bonchev–Trinajstić information content (AvgIpc) is 2.79. The summed E-state index contributed by atoms with van der Waals surface area (Å²) in [5.41, 5.74) is 9.02. The Kier molecular flexibility index (Phi) is 6.30. The van der Waals surface area contributed by atoms with Gasteiger partial charge in [0.2, 0.25) is 6.04 Å². The van der Waals surface area contributed by atoms with Crippen molar-refractivity contribution in [2.24, 2.45) is 10.2 Å². The number of carbonyl (C=O) groups excluding carboxylic acids is 3. The molecule has 0 bridgehead atoms. The number of rotatable bonds is 7. The fraction of sp³-hybridized carbons (Fsp3) is 0.136. The monoisotopic (exact) mass is 444 g/mol. The molecule has 166 valence electrons. The quantitative estimate of drug-likeness (QED) is 0.286. The normalized spacial score (nSPS) is 14.2. The molecule has 2 aromatic heterocycles. The number of nitrogens with two attached hydrogens (primary N) is 1. The van der Waals surface area contributed by atoms with Gasteiger partial charge in [-0.15, -0.1) is 0 Å². The lowest BCUT2D eigenvalue weighted by molar-refractivity contribution is -0.131. The number of azo groups is 1. The van der Waals surface area contributed by atoms with Gasteiger partial charge in [0.05, 0.1) is 30.2 Å². The highest BCUT2D eigenvalue weighted by Gasteiger charge is 2.34. The maximum absolute atomic E-state index is 12.0. The number of anilines is 2. The van der Waals surface area contributed by atoms with Crippen molar-refractivity contribution in [3.05, 3.63) is 78.4 Å². The molecule has 0 atom stereocenters. The summed E-state index contributed by atoms with van der Waals surface area (Å²) < 4.78 is 0. The Bertz CT molecular complexity index is 1140. The lowest BCUT2D eigenvalue weighted by Crippen LogP contribution is -2.57. The number of aromatic nitrogens is 2. The summed E-state index contributed by atoms with van der Waals surface area (Å²) in [5.74, 6) is -1.70. The van der Waals surface area contributed by atoms with Crippen LogP contribution < -0.4 is 21.3 Å². The van der Waals surface area contributed by atoms with Crippen LogP contribution in [0.2, 0.25) is 0 Å². The van der Waals surface area contributed by atoms with Gasteiger partial charge >= 0.3 is 6.03 Å². The van der Waals surface area contributed by atoms with E-state index in [1.165, 1.54) is 0 Å². The molecule has 33 heavy (non-hydrogen) atoms. The minimum absolute atomic E-state index is 0.347. The standard InChI is InChI=1S/C22H20N8O3/c23-14-7-8-18(17(11-14)28-29-19-20(31)26-22(33)27-21(19)32)30(12-15-5-1-3-9-24-15)13-16-6-2-4-10-25-16/h1-11,19H,12-13,23H2,(H2,26,27,31,32,33). The van der Waals surface area contributed by atoms with Crippen molar-refractivity contribution in [1.29, 1.82) is 0 Å². The molecule has 1 fully saturated rings. The third-order valence-electron chi connectivity index (χ3n) is 4.75. The summed E-state index contributed by atoms with van der Waals surface area (Å²) in [6, 6.07) is 14.0. The van der Waals surface area contributed by atoms with Crippen molar-refractivity contribution in [3.63, 3.8) is 0 Å². The molecule has 11 nitrogen and oxygen atoms in total. The van der Waals surface area contributed by atoms with Gasteiger partial charge in [0.15, 0.2) is 0 Å². The summed E-state index contributed by atoms with van der Waals surface area (Å²) in [6.07, 6.45) is 3.42. The average molecular weight is 444 g/mol. The highest BCUT2D eigenvalue weighted by molar-refractivity contribution is 6.18. The van der Waals surface area contributed by atoms with Crippen LogP contribution in [0.1, 0.15) is 11.4 Å². The van der Waals surface area contributed by atoms with Crippen LogP contribution in [0.4, 0.5) is 21.9 Å². The van der Waals surface area contributed by atoms with E-state index in [0.717, 1.165) is 11.4 Å².